The molecular weight excluding hydrogens is 314 g/mol. The Morgan fingerprint density at radius 2 is 2.00 bits per heavy atom. The number of amides is 1. The summed E-state index contributed by atoms with van der Waals surface area (Å²) in [4.78, 5) is 18.5. The monoisotopic (exact) mass is 339 g/mol. The quantitative estimate of drug-likeness (QED) is 0.837. The van der Waals surface area contributed by atoms with Crippen LogP contribution in [0.3, 0.4) is 0 Å². The Morgan fingerprint density at radius 1 is 1.26 bits per heavy atom. The Labute approximate surface area is 137 Å². The number of sulfone groups is 1. The van der Waals surface area contributed by atoms with E-state index in [2.05, 4.69) is 9.55 Å². The lowest BCUT2D eigenvalue weighted by atomic mass is 10.1. The smallest absolute Gasteiger partial charge is 0.237 e. The Balaban J connectivity index is 1.64. The number of rotatable bonds is 4. The molecule has 1 saturated carbocycles. The van der Waals surface area contributed by atoms with Gasteiger partial charge in [0.2, 0.25) is 5.91 Å². The maximum absolute atomic E-state index is 12.5. The second kappa shape index (κ2) is 6.63. The summed E-state index contributed by atoms with van der Waals surface area (Å²) in [6.07, 6.45) is 8.95. The summed E-state index contributed by atoms with van der Waals surface area (Å²) in [5.74, 6) is 0.370. The van der Waals surface area contributed by atoms with E-state index >= 15 is 0 Å². The van der Waals surface area contributed by atoms with Gasteiger partial charge in [-0.15, -0.1) is 0 Å². The lowest BCUT2D eigenvalue weighted by Gasteiger charge is -2.34. The van der Waals surface area contributed by atoms with Crippen molar-refractivity contribution in [3.63, 3.8) is 0 Å². The van der Waals surface area contributed by atoms with Crippen molar-refractivity contribution in [2.75, 3.05) is 18.8 Å². The summed E-state index contributed by atoms with van der Waals surface area (Å²) >= 11 is 0. The summed E-state index contributed by atoms with van der Waals surface area (Å²) in [6, 6.07) is 0.199. The molecule has 2 aliphatic rings. The van der Waals surface area contributed by atoms with Gasteiger partial charge in [0, 0.05) is 25.5 Å². The first-order chi connectivity index (χ1) is 11.0. The molecule has 1 aliphatic heterocycles. The zero-order valence-electron chi connectivity index (χ0n) is 13.6. The number of nitrogens with zero attached hydrogens (tertiary/aromatic N) is 3. The second-order valence-electron chi connectivity index (χ2n) is 6.73. The lowest BCUT2D eigenvalue weighted by Crippen LogP contribution is -2.44. The Morgan fingerprint density at radius 3 is 2.65 bits per heavy atom. The van der Waals surface area contributed by atoms with Crippen LogP contribution < -0.4 is 0 Å². The van der Waals surface area contributed by atoms with Crippen molar-refractivity contribution in [3.8, 4) is 0 Å². The van der Waals surface area contributed by atoms with Crippen LogP contribution in [-0.4, -0.2) is 52.9 Å². The third kappa shape index (κ3) is 3.59. The van der Waals surface area contributed by atoms with Gasteiger partial charge in [-0.1, -0.05) is 12.8 Å². The minimum atomic E-state index is -3.30. The molecule has 128 valence electrons. The van der Waals surface area contributed by atoms with Gasteiger partial charge in [-0.3, -0.25) is 4.79 Å². The predicted molar refractivity (Wildman–Crippen MR) is 87.9 cm³/mol. The van der Waals surface area contributed by atoms with E-state index in [0.717, 1.165) is 31.5 Å². The van der Waals surface area contributed by atoms with Crippen molar-refractivity contribution in [3.05, 3.63) is 18.2 Å². The second-order valence-corrected chi connectivity index (χ2v) is 9.01. The van der Waals surface area contributed by atoms with Crippen molar-refractivity contribution in [2.45, 2.75) is 56.7 Å². The molecule has 3 rings (SSSR count). The van der Waals surface area contributed by atoms with Gasteiger partial charge >= 0.3 is 0 Å². The highest BCUT2D eigenvalue weighted by molar-refractivity contribution is 7.92. The zero-order valence-corrected chi connectivity index (χ0v) is 14.5. The molecule has 1 atom stereocenters. The molecule has 2 heterocycles. The lowest BCUT2D eigenvalue weighted by molar-refractivity contribution is -0.130. The fourth-order valence-electron chi connectivity index (χ4n) is 3.81. The highest BCUT2D eigenvalue weighted by atomic mass is 32.2. The molecule has 0 radical (unpaired) electrons. The van der Waals surface area contributed by atoms with Crippen molar-refractivity contribution in [2.24, 2.45) is 0 Å². The molecule has 0 spiro atoms. The van der Waals surface area contributed by atoms with Crippen molar-refractivity contribution >= 4 is 15.7 Å². The maximum atomic E-state index is 12.5. The predicted octanol–water partition coefficient (Wildman–Crippen LogP) is 1.71. The third-order valence-electron chi connectivity index (χ3n) is 5.14. The number of aromatic nitrogens is 2. The van der Waals surface area contributed by atoms with Crippen LogP contribution in [-0.2, 0) is 14.6 Å². The molecule has 0 aromatic carbocycles. The Kier molecular flexibility index (Phi) is 4.75. The molecule has 1 unspecified atom stereocenters. The van der Waals surface area contributed by atoms with E-state index in [4.69, 9.17) is 0 Å². The molecule has 1 aromatic rings. The van der Waals surface area contributed by atoms with Gasteiger partial charge in [0.25, 0.3) is 0 Å². The standard InChI is InChI=1S/C16H25N3O3S/c1-13-17-8-10-19(13)14-5-4-9-18(11-14)16(20)12-23(21,22)15-6-2-3-7-15/h8,10,14-15H,2-7,9,11-12H2,1H3. The SMILES string of the molecule is Cc1nccn1C1CCCN(C(=O)CS(=O)(=O)C2CCCC2)C1. The molecule has 0 bridgehead atoms. The van der Waals surface area contributed by atoms with E-state index in [1.807, 2.05) is 13.1 Å². The summed E-state index contributed by atoms with van der Waals surface area (Å²) in [5.41, 5.74) is 0. The zero-order chi connectivity index (χ0) is 16.4. The average molecular weight is 339 g/mol. The first-order valence-electron chi connectivity index (χ1n) is 8.46. The van der Waals surface area contributed by atoms with E-state index in [1.54, 1.807) is 11.1 Å². The topological polar surface area (TPSA) is 72.3 Å². The molecule has 1 saturated heterocycles. The minimum Gasteiger partial charge on any atom is -0.340 e. The number of carbonyl (C=O) groups is 1. The van der Waals surface area contributed by atoms with Crippen LogP contribution in [0.4, 0.5) is 0 Å². The average Bonchev–Trinajstić information content (AvgIpc) is 3.18. The van der Waals surface area contributed by atoms with Crippen LogP contribution >= 0.6 is 0 Å². The number of carbonyl (C=O) groups excluding carboxylic acids is 1. The van der Waals surface area contributed by atoms with Gasteiger partial charge in [0.05, 0.1) is 11.3 Å². The van der Waals surface area contributed by atoms with E-state index in [1.165, 1.54) is 0 Å². The Bertz CT molecular complexity index is 662. The Hall–Kier alpha value is -1.37. The van der Waals surface area contributed by atoms with Crippen LogP contribution in [0.1, 0.15) is 50.4 Å². The fraction of sp³-hybridized carbons (Fsp3) is 0.750. The summed E-state index contributed by atoms with van der Waals surface area (Å²) in [6.45, 7) is 3.19. The molecular formula is C16H25N3O3S. The first-order valence-corrected chi connectivity index (χ1v) is 10.2. The first kappa shape index (κ1) is 16.5. The molecule has 2 fully saturated rings. The number of aryl methyl sites for hydroxylation is 1. The van der Waals surface area contributed by atoms with Crippen molar-refractivity contribution in [1.82, 2.24) is 14.5 Å². The van der Waals surface area contributed by atoms with E-state index in [-0.39, 0.29) is 23.0 Å². The van der Waals surface area contributed by atoms with Crippen LogP contribution in [0.2, 0.25) is 0 Å². The highest BCUT2D eigenvalue weighted by Crippen LogP contribution is 2.27. The van der Waals surface area contributed by atoms with Gasteiger partial charge in [0.15, 0.2) is 9.84 Å². The van der Waals surface area contributed by atoms with E-state index < -0.39 is 9.84 Å². The molecule has 6 nitrogen and oxygen atoms in total. The normalized spacial score (nSPS) is 23.3. The van der Waals surface area contributed by atoms with Gasteiger partial charge in [-0.05, 0) is 32.6 Å². The summed E-state index contributed by atoms with van der Waals surface area (Å²) in [7, 11) is -3.30. The van der Waals surface area contributed by atoms with E-state index in [0.29, 0.717) is 25.9 Å². The maximum Gasteiger partial charge on any atom is 0.237 e. The molecule has 1 amide bonds. The van der Waals surface area contributed by atoms with Crippen LogP contribution in [0, 0.1) is 6.92 Å². The molecule has 0 N–H and O–H groups in total. The minimum absolute atomic E-state index is 0.199. The van der Waals surface area contributed by atoms with E-state index in [9.17, 15) is 13.2 Å². The summed E-state index contributed by atoms with van der Waals surface area (Å²) in [5, 5.41) is -0.303. The van der Waals surface area contributed by atoms with Crippen molar-refractivity contribution < 1.29 is 13.2 Å². The number of hydrogen-bond acceptors (Lipinski definition) is 4. The van der Waals surface area contributed by atoms with Gasteiger partial charge in [-0.2, -0.15) is 0 Å². The van der Waals surface area contributed by atoms with Crippen LogP contribution in [0.25, 0.3) is 0 Å². The van der Waals surface area contributed by atoms with Gasteiger partial charge < -0.3 is 9.47 Å². The third-order valence-corrected chi connectivity index (χ3v) is 7.28. The highest BCUT2D eigenvalue weighted by Gasteiger charge is 2.33. The van der Waals surface area contributed by atoms with Crippen LogP contribution in [0.5, 0.6) is 0 Å². The molecule has 7 heteroatoms. The largest absolute Gasteiger partial charge is 0.340 e. The van der Waals surface area contributed by atoms with Gasteiger partial charge in [-0.25, -0.2) is 13.4 Å². The molecule has 23 heavy (non-hydrogen) atoms. The summed E-state index contributed by atoms with van der Waals surface area (Å²) < 4.78 is 26.9. The molecule has 1 aromatic heterocycles. The number of imidazole rings is 1. The molecule has 1 aliphatic carbocycles. The number of likely N-dealkylation sites (tertiary alicyclic amines) is 1. The number of hydrogen-bond donors (Lipinski definition) is 0. The number of piperidine rings is 1. The van der Waals surface area contributed by atoms with Crippen molar-refractivity contribution in [1.29, 1.82) is 0 Å². The van der Waals surface area contributed by atoms with Gasteiger partial charge in [0.1, 0.15) is 11.6 Å². The fourth-order valence-corrected chi connectivity index (χ4v) is 5.62. The van der Waals surface area contributed by atoms with Crippen LogP contribution in [0.15, 0.2) is 12.4 Å².